The smallest absolute Gasteiger partial charge is 0.327 e. The molecule has 31 heavy (non-hydrogen) atoms. The zero-order valence-corrected chi connectivity index (χ0v) is 18.5. The number of hydrogen-bond acceptors (Lipinski definition) is 8. The van der Waals surface area contributed by atoms with Gasteiger partial charge in [-0.1, -0.05) is 12.1 Å². The van der Waals surface area contributed by atoms with Crippen molar-refractivity contribution in [1.29, 1.82) is 0 Å². The van der Waals surface area contributed by atoms with Gasteiger partial charge in [-0.3, -0.25) is 14.9 Å². The first kappa shape index (κ1) is 22.5. The molecule has 2 aromatic rings. The number of benzene rings is 2. The highest BCUT2D eigenvalue weighted by Gasteiger charge is 2.32. The van der Waals surface area contributed by atoms with Gasteiger partial charge in [0, 0.05) is 42.9 Å². The maximum Gasteiger partial charge on any atom is 0.327 e. The zero-order chi connectivity index (χ0) is 22.4. The average molecular weight is 448 g/mol. The van der Waals surface area contributed by atoms with Crippen LogP contribution in [0.2, 0.25) is 0 Å². The van der Waals surface area contributed by atoms with E-state index in [1.54, 1.807) is 0 Å². The van der Waals surface area contributed by atoms with Crippen LogP contribution in [0.25, 0.3) is 0 Å². The number of nitro groups is 1. The molecule has 1 aliphatic heterocycles. The normalized spacial score (nSPS) is 13.5. The van der Waals surface area contributed by atoms with Crippen LogP contribution >= 0.6 is 11.8 Å². The van der Waals surface area contributed by atoms with E-state index >= 15 is 0 Å². The number of methoxy groups -OCH3 is 3. The number of nitrogens with zero attached hydrogens (tertiary/aromatic N) is 2. The fourth-order valence-corrected chi connectivity index (χ4v) is 4.32. The first-order valence-electron chi connectivity index (χ1n) is 9.67. The number of anilines is 1. The number of hydrogen-bond donors (Lipinski definition) is 1. The summed E-state index contributed by atoms with van der Waals surface area (Å²) in [5.41, 5.74) is 1.40. The third kappa shape index (κ3) is 4.96. The van der Waals surface area contributed by atoms with Crippen molar-refractivity contribution in [2.24, 2.45) is 0 Å². The van der Waals surface area contributed by atoms with Gasteiger partial charge >= 0.3 is 5.69 Å². The molecule has 1 fully saturated rings. The van der Waals surface area contributed by atoms with E-state index in [-0.39, 0.29) is 29.4 Å². The van der Waals surface area contributed by atoms with Crippen molar-refractivity contribution in [1.82, 2.24) is 5.32 Å². The van der Waals surface area contributed by atoms with Gasteiger partial charge in [0.15, 0.2) is 5.75 Å². The number of thioether (sulfide) groups is 1. The molecular formula is C21H25N3O6S. The number of amides is 1. The molecule has 1 amide bonds. The standard InChI is InChI=1S/C21H25N3O6S/c1-28-17-12-16(18(24(26)27)20(30-3)19(17)29-2)21(25)22-13-14-4-6-15(7-5-14)23-8-10-31-11-9-23/h4-7,12H,8-11,13H2,1-3H3,(H,22,25). The molecule has 1 saturated heterocycles. The molecule has 0 aromatic heterocycles. The number of ether oxygens (including phenoxy) is 3. The minimum Gasteiger partial charge on any atom is -0.493 e. The van der Waals surface area contributed by atoms with Crippen LogP contribution in [-0.2, 0) is 6.54 Å². The summed E-state index contributed by atoms with van der Waals surface area (Å²) in [6, 6.07) is 9.23. The summed E-state index contributed by atoms with van der Waals surface area (Å²) in [5.74, 6) is 1.68. The topological polar surface area (TPSA) is 103 Å². The fraction of sp³-hybridized carbons (Fsp3) is 0.381. The highest BCUT2D eigenvalue weighted by molar-refractivity contribution is 7.99. The van der Waals surface area contributed by atoms with Gasteiger partial charge in [0.2, 0.25) is 11.5 Å². The summed E-state index contributed by atoms with van der Waals surface area (Å²) >= 11 is 1.95. The SMILES string of the molecule is COc1cc(C(=O)NCc2ccc(N3CCSCC3)cc2)c([N+](=O)[O-])c(OC)c1OC. The fourth-order valence-electron chi connectivity index (χ4n) is 3.42. The van der Waals surface area contributed by atoms with E-state index in [0.717, 1.165) is 35.8 Å². The lowest BCUT2D eigenvalue weighted by molar-refractivity contribution is -0.386. The van der Waals surface area contributed by atoms with E-state index in [0.29, 0.717) is 0 Å². The Labute approximate surface area is 184 Å². The lowest BCUT2D eigenvalue weighted by Crippen LogP contribution is -2.32. The maximum absolute atomic E-state index is 12.8. The largest absolute Gasteiger partial charge is 0.493 e. The Morgan fingerprint density at radius 2 is 1.74 bits per heavy atom. The number of carbonyl (C=O) groups is 1. The van der Waals surface area contributed by atoms with Gasteiger partial charge in [0.25, 0.3) is 5.91 Å². The van der Waals surface area contributed by atoms with E-state index in [1.807, 2.05) is 36.0 Å². The second-order valence-corrected chi connectivity index (χ2v) is 7.97. The van der Waals surface area contributed by atoms with Gasteiger partial charge in [-0.25, -0.2) is 0 Å². The van der Waals surface area contributed by atoms with E-state index in [2.05, 4.69) is 10.2 Å². The summed E-state index contributed by atoms with van der Waals surface area (Å²) in [7, 11) is 4.00. The highest BCUT2D eigenvalue weighted by Crippen LogP contribution is 2.46. The Morgan fingerprint density at radius 3 is 2.29 bits per heavy atom. The average Bonchev–Trinajstić information content (AvgIpc) is 2.81. The lowest BCUT2D eigenvalue weighted by atomic mass is 10.1. The second-order valence-electron chi connectivity index (χ2n) is 6.75. The summed E-state index contributed by atoms with van der Waals surface area (Å²) in [6.07, 6.45) is 0. The minimum absolute atomic E-state index is 0.0555. The molecule has 0 aliphatic carbocycles. The Balaban J connectivity index is 1.79. The molecule has 0 radical (unpaired) electrons. The van der Waals surface area contributed by atoms with Crippen LogP contribution in [0.5, 0.6) is 17.2 Å². The van der Waals surface area contributed by atoms with Gasteiger partial charge in [-0.2, -0.15) is 11.8 Å². The molecule has 0 saturated carbocycles. The molecule has 0 bridgehead atoms. The molecule has 9 nitrogen and oxygen atoms in total. The molecule has 1 N–H and O–H groups in total. The van der Waals surface area contributed by atoms with E-state index in [9.17, 15) is 14.9 Å². The third-order valence-electron chi connectivity index (χ3n) is 5.00. The molecule has 166 valence electrons. The number of nitrogens with one attached hydrogen (secondary N) is 1. The van der Waals surface area contributed by atoms with Gasteiger partial charge < -0.3 is 24.4 Å². The quantitative estimate of drug-likeness (QED) is 0.486. The summed E-state index contributed by atoms with van der Waals surface area (Å²) in [6.45, 7) is 2.26. The molecular weight excluding hydrogens is 422 g/mol. The Morgan fingerprint density at radius 1 is 1.10 bits per heavy atom. The second kappa shape index (κ2) is 10.3. The third-order valence-corrected chi connectivity index (χ3v) is 5.94. The van der Waals surface area contributed by atoms with Crippen molar-refractivity contribution >= 4 is 29.0 Å². The Hall–Kier alpha value is -3.14. The minimum atomic E-state index is -0.665. The molecule has 10 heteroatoms. The van der Waals surface area contributed by atoms with E-state index in [4.69, 9.17) is 14.2 Å². The summed E-state index contributed by atoms with van der Waals surface area (Å²) < 4.78 is 15.6. The van der Waals surface area contributed by atoms with Crippen molar-refractivity contribution in [3.63, 3.8) is 0 Å². The van der Waals surface area contributed by atoms with Crippen LogP contribution < -0.4 is 24.4 Å². The Kier molecular flexibility index (Phi) is 7.45. The van der Waals surface area contributed by atoms with Crippen LogP contribution in [0.3, 0.4) is 0 Å². The number of rotatable bonds is 8. The first-order valence-corrected chi connectivity index (χ1v) is 10.8. The number of carbonyl (C=O) groups excluding carboxylic acids is 1. The Bertz CT molecular complexity index is 945. The molecule has 1 heterocycles. The van der Waals surface area contributed by atoms with Crippen LogP contribution in [-0.4, -0.2) is 56.8 Å². The van der Waals surface area contributed by atoms with Crippen molar-refractivity contribution in [3.05, 3.63) is 51.6 Å². The molecule has 0 spiro atoms. The van der Waals surface area contributed by atoms with Crippen LogP contribution in [0.15, 0.2) is 30.3 Å². The van der Waals surface area contributed by atoms with E-state index in [1.165, 1.54) is 27.4 Å². The molecule has 0 unspecified atom stereocenters. The van der Waals surface area contributed by atoms with Crippen LogP contribution in [0.1, 0.15) is 15.9 Å². The van der Waals surface area contributed by atoms with Gasteiger partial charge in [0.05, 0.1) is 26.3 Å². The highest BCUT2D eigenvalue weighted by atomic mass is 32.2. The monoisotopic (exact) mass is 447 g/mol. The molecule has 1 aliphatic rings. The molecule has 0 atom stereocenters. The van der Waals surface area contributed by atoms with Crippen molar-refractivity contribution in [3.8, 4) is 17.2 Å². The number of nitro benzene ring substituents is 1. The molecule has 2 aromatic carbocycles. The predicted molar refractivity (Wildman–Crippen MR) is 120 cm³/mol. The summed E-state index contributed by atoms with van der Waals surface area (Å²) in [4.78, 5) is 26.2. The van der Waals surface area contributed by atoms with Crippen molar-refractivity contribution < 1.29 is 23.9 Å². The lowest BCUT2D eigenvalue weighted by Gasteiger charge is -2.28. The maximum atomic E-state index is 12.8. The van der Waals surface area contributed by atoms with Gasteiger partial charge in [-0.15, -0.1) is 0 Å². The molecule has 3 rings (SSSR count). The van der Waals surface area contributed by atoms with Gasteiger partial charge in [0.1, 0.15) is 5.56 Å². The van der Waals surface area contributed by atoms with Crippen molar-refractivity contribution in [2.75, 3.05) is 50.8 Å². The van der Waals surface area contributed by atoms with Gasteiger partial charge in [-0.05, 0) is 17.7 Å². The van der Waals surface area contributed by atoms with Crippen LogP contribution in [0.4, 0.5) is 11.4 Å². The van der Waals surface area contributed by atoms with Crippen molar-refractivity contribution in [2.45, 2.75) is 6.54 Å². The zero-order valence-electron chi connectivity index (χ0n) is 17.7. The predicted octanol–water partition coefficient (Wildman–Crippen LogP) is 3.10. The summed E-state index contributed by atoms with van der Waals surface area (Å²) in [5, 5.41) is 14.4. The first-order chi connectivity index (χ1) is 15.0. The van der Waals surface area contributed by atoms with Crippen LogP contribution in [0, 0.1) is 10.1 Å². The van der Waals surface area contributed by atoms with E-state index < -0.39 is 16.5 Å².